The van der Waals surface area contributed by atoms with E-state index in [2.05, 4.69) is 0 Å². The lowest BCUT2D eigenvalue weighted by Crippen LogP contribution is -2.46. The molecule has 134 valence electrons. The van der Waals surface area contributed by atoms with Crippen molar-refractivity contribution in [2.75, 3.05) is 0 Å². The molecule has 0 aromatic heterocycles. The number of allylic oxidation sites excluding steroid dienone is 3. The highest BCUT2D eigenvalue weighted by Crippen LogP contribution is 2.42. The van der Waals surface area contributed by atoms with E-state index >= 15 is 0 Å². The van der Waals surface area contributed by atoms with E-state index in [1.807, 2.05) is 27.7 Å². The lowest BCUT2D eigenvalue weighted by atomic mass is 9.79. The Morgan fingerprint density at radius 2 is 1.88 bits per heavy atom. The molecule has 0 amide bonds. The second kappa shape index (κ2) is 7.88. The number of aliphatic hydroxyl groups is 2. The molecule has 0 spiro atoms. The van der Waals surface area contributed by atoms with Crippen molar-refractivity contribution in [1.29, 1.82) is 0 Å². The molecule has 24 heavy (non-hydrogen) atoms. The molecule has 0 fully saturated rings. The number of aliphatic hydroxyl groups excluding tert-OH is 1. The van der Waals surface area contributed by atoms with Crippen LogP contribution in [0.1, 0.15) is 60.3 Å². The third kappa shape index (κ3) is 3.83. The lowest BCUT2D eigenvalue weighted by Gasteiger charge is -2.28. The molecule has 0 aliphatic heterocycles. The number of rotatable bonds is 8. The summed E-state index contributed by atoms with van der Waals surface area (Å²) in [6.07, 6.45) is 2.42. The number of carbonyl (C=O) groups is 3. The number of Topliss-reactive ketones (excluding diaryl/α,β-unsaturated/α-hetero) is 3. The summed E-state index contributed by atoms with van der Waals surface area (Å²) in [6, 6.07) is 0. The van der Waals surface area contributed by atoms with Gasteiger partial charge in [-0.3, -0.25) is 14.4 Å². The van der Waals surface area contributed by atoms with Crippen molar-refractivity contribution in [2.24, 2.45) is 11.8 Å². The summed E-state index contributed by atoms with van der Waals surface area (Å²) in [4.78, 5) is 37.2. The van der Waals surface area contributed by atoms with Crippen LogP contribution in [0.5, 0.6) is 0 Å². The molecule has 2 atom stereocenters. The Bertz CT molecular complexity index is 593. The summed E-state index contributed by atoms with van der Waals surface area (Å²) >= 11 is 0. The number of ketones is 3. The zero-order valence-corrected chi connectivity index (χ0v) is 15.2. The van der Waals surface area contributed by atoms with E-state index in [4.69, 9.17) is 0 Å². The van der Waals surface area contributed by atoms with Crippen molar-refractivity contribution in [2.45, 2.75) is 65.9 Å². The van der Waals surface area contributed by atoms with Crippen molar-refractivity contribution in [3.05, 3.63) is 23.0 Å². The van der Waals surface area contributed by atoms with Crippen LogP contribution in [-0.2, 0) is 14.4 Å². The molecular weight excluding hydrogens is 308 g/mol. The molecule has 5 heteroatoms. The van der Waals surface area contributed by atoms with Crippen molar-refractivity contribution in [1.82, 2.24) is 0 Å². The molecule has 2 N–H and O–H groups in total. The van der Waals surface area contributed by atoms with Crippen LogP contribution in [0.3, 0.4) is 0 Å². The average molecular weight is 336 g/mol. The molecule has 1 unspecified atom stereocenters. The molecule has 1 rings (SSSR count). The second-order valence-electron chi connectivity index (χ2n) is 7.06. The predicted octanol–water partition coefficient (Wildman–Crippen LogP) is 3.07. The summed E-state index contributed by atoms with van der Waals surface area (Å²) in [6.45, 7) is 9.13. The van der Waals surface area contributed by atoms with Gasteiger partial charge >= 0.3 is 0 Å². The Kier molecular flexibility index (Phi) is 6.67. The summed E-state index contributed by atoms with van der Waals surface area (Å²) in [7, 11) is 0. The summed E-state index contributed by atoms with van der Waals surface area (Å²) < 4.78 is 0. The highest BCUT2D eigenvalue weighted by Gasteiger charge is 2.58. The molecular formula is C19H28O5. The van der Waals surface area contributed by atoms with Gasteiger partial charge in [-0.25, -0.2) is 0 Å². The van der Waals surface area contributed by atoms with E-state index in [1.54, 1.807) is 13.0 Å². The lowest BCUT2D eigenvalue weighted by molar-refractivity contribution is -0.144. The highest BCUT2D eigenvalue weighted by molar-refractivity contribution is 6.25. The van der Waals surface area contributed by atoms with Crippen LogP contribution in [0, 0.1) is 11.8 Å². The Balaban J connectivity index is 3.32. The van der Waals surface area contributed by atoms with Crippen LogP contribution >= 0.6 is 0 Å². The molecule has 5 nitrogen and oxygen atoms in total. The molecule has 0 aromatic carbocycles. The zero-order chi connectivity index (χ0) is 18.7. The monoisotopic (exact) mass is 336 g/mol. The van der Waals surface area contributed by atoms with Crippen molar-refractivity contribution >= 4 is 17.3 Å². The third-order valence-corrected chi connectivity index (χ3v) is 4.42. The third-order valence-electron chi connectivity index (χ3n) is 4.42. The van der Waals surface area contributed by atoms with Crippen LogP contribution in [0.25, 0.3) is 0 Å². The topological polar surface area (TPSA) is 91.7 Å². The SMILES string of the molecule is CCC(=O)C1=C(O)C(O)(C(=O)CC=C(C)C)[C@H](CCC(C)C)C1=O. The van der Waals surface area contributed by atoms with Gasteiger partial charge in [0.25, 0.3) is 0 Å². The zero-order valence-electron chi connectivity index (χ0n) is 15.2. The molecule has 0 heterocycles. The maximum absolute atomic E-state index is 12.6. The Morgan fingerprint density at radius 3 is 2.33 bits per heavy atom. The minimum Gasteiger partial charge on any atom is -0.508 e. The number of hydrogen-bond donors (Lipinski definition) is 2. The van der Waals surface area contributed by atoms with Crippen molar-refractivity contribution < 1.29 is 24.6 Å². The summed E-state index contributed by atoms with van der Waals surface area (Å²) in [5, 5.41) is 21.3. The van der Waals surface area contributed by atoms with Gasteiger partial charge in [-0.15, -0.1) is 0 Å². The van der Waals surface area contributed by atoms with E-state index in [9.17, 15) is 24.6 Å². The quantitative estimate of drug-likeness (QED) is 0.525. The van der Waals surface area contributed by atoms with Crippen molar-refractivity contribution in [3.63, 3.8) is 0 Å². The Labute approximate surface area is 143 Å². The van der Waals surface area contributed by atoms with Crippen LogP contribution in [0.2, 0.25) is 0 Å². The standard InChI is InChI=1S/C19H28O5/c1-6-14(20)16-17(22)13(9-7-11(2)3)19(24,18(16)23)15(21)10-8-12(4)5/h8,11,13,23-24H,6-7,9-10H2,1-5H3/t13-,19?/m1/s1. The second-order valence-corrected chi connectivity index (χ2v) is 7.06. The number of carbonyl (C=O) groups excluding carboxylic acids is 3. The molecule has 0 saturated heterocycles. The first-order chi connectivity index (χ1) is 11.1. The van der Waals surface area contributed by atoms with Gasteiger partial charge in [0.15, 0.2) is 23.0 Å². The first-order valence-corrected chi connectivity index (χ1v) is 8.47. The van der Waals surface area contributed by atoms with Crippen LogP contribution in [0.4, 0.5) is 0 Å². The van der Waals surface area contributed by atoms with Gasteiger partial charge in [-0.2, -0.15) is 0 Å². The minimum atomic E-state index is -2.29. The fourth-order valence-corrected chi connectivity index (χ4v) is 2.90. The van der Waals surface area contributed by atoms with E-state index in [1.165, 1.54) is 0 Å². The van der Waals surface area contributed by atoms with E-state index in [-0.39, 0.29) is 25.2 Å². The van der Waals surface area contributed by atoms with E-state index in [0.717, 1.165) is 5.57 Å². The van der Waals surface area contributed by atoms with Gasteiger partial charge in [0.2, 0.25) is 0 Å². The summed E-state index contributed by atoms with van der Waals surface area (Å²) in [5.41, 5.74) is -1.81. The first-order valence-electron chi connectivity index (χ1n) is 8.47. The van der Waals surface area contributed by atoms with Gasteiger partial charge in [-0.1, -0.05) is 38.8 Å². The average Bonchev–Trinajstić information content (AvgIpc) is 2.70. The normalized spacial score (nSPS) is 23.8. The summed E-state index contributed by atoms with van der Waals surface area (Å²) in [5.74, 6) is -3.40. The van der Waals surface area contributed by atoms with Gasteiger partial charge in [0, 0.05) is 12.8 Å². The smallest absolute Gasteiger partial charge is 0.191 e. The van der Waals surface area contributed by atoms with Crippen LogP contribution in [-0.4, -0.2) is 33.2 Å². The number of hydrogen-bond acceptors (Lipinski definition) is 5. The van der Waals surface area contributed by atoms with Gasteiger partial charge < -0.3 is 10.2 Å². The van der Waals surface area contributed by atoms with E-state index < -0.39 is 40.2 Å². The maximum atomic E-state index is 12.6. The largest absolute Gasteiger partial charge is 0.508 e. The molecule has 1 aliphatic rings. The molecule has 0 radical (unpaired) electrons. The van der Waals surface area contributed by atoms with Crippen molar-refractivity contribution in [3.8, 4) is 0 Å². The van der Waals surface area contributed by atoms with Gasteiger partial charge in [0.05, 0.1) is 5.92 Å². The highest BCUT2D eigenvalue weighted by atomic mass is 16.3. The Morgan fingerprint density at radius 1 is 1.29 bits per heavy atom. The molecule has 0 saturated carbocycles. The molecule has 0 bridgehead atoms. The fourth-order valence-electron chi connectivity index (χ4n) is 2.90. The molecule has 0 aromatic rings. The maximum Gasteiger partial charge on any atom is 0.191 e. The van der Waals surface area contributed by atoms with Gasteiger partial charge in [0.1, 0.15) is 11.3 Å². The first kappa shape index (κ1) is 20.3. The fraction of sp³-hybridized carbons (Fsp3) is 0.632. The van der Waals surface area contributed by atoms with Gasteiger partial charge in [-0.05, 0) is 26.2 Å². The van der Waals surface area contributed by atoms with Crippen LogP contribution in [0.15, 0.2) is 23.0 Å². The molecule has 1 aliphatic carbocycles. The predicted molar refractivity (Wildman–Crippen MR) is 91.5 cm³/mol. The minimum absolute atomic E-state index is 0.0281. The van der Waals surface area contributed by atoms with E-state index in [0.29, 0.717) is 6.42 Å². The van der Waals surface area contributed by atoms with Crippen LogP contribution < -0.4 is 0 Å². The Hall–Kier alpha value is -1.75.